The highest BCUT2D eigenvalue weighted by atomic mass is 19.4. The third-order valence-electron chi connectivity index (χ3n) is 5.31. The summed E-state index contributed by atoms with van der Waals surface area (Å²) in [6, 6.07) is -0.946. The first-order valence-electron chi connectivity index (χ1n) is 10.9. The zero-order chi connectivity index (χ0) is 27.2. The van der Waals surface area contributed by atoms with Gasteiger partial charge in [-0.05, 0) is 6.42 Å². The molecule has 204 valence electrons. The van der Waals surface area contributed by atoms with Crippen LogP contribution in [-0.2, 0) is 21.9 Å². The quantitative estimate of drug-likeness (QED) is 0.300. The molecule has 37 heavy (non-hydrogen) atoms. The second-order valence-corrected chi connectivity index (χ2v) is 8.03. The second-order valence-electron chi connectivity index (χ2n) is 8.03. The number of hydrogen-bond donors (Lipinski definition) is 3. The Morgan fingerprint density at radius 1 is 1.08 bits per heavy atom. The number of rotatable bonds is 10. The Morgan fingerprint density at radius 2 is 1.78 bits per heavy atom. The Labute approximate surface area is 205 Å². The van der Waals surface area contributed by atoms with Crippen LogP contribution in [0.5, 0.6) is 0 Å². The summed E-state index contributed by atoms with van der Waals surface area (Å²) in [5.74, 6) is -0.504. The monoisotopic (exact) mass is 539 g/mol. The van der Waals surface area contributed by atoms with Crippen molar-refractivity contribution in [3.05, 3.63) is 40.1 Å². The Hall–Kier alpha value is -3.31. The molecule has 1 saturated heterocycles. The number of halogens is 6. The van der Waals surface area contributed by atoms with Crippen molar-refractivity contribution in [2.75, 3.05) is 56.2 Å². The molecule has 0 saturated carbocycles. The van der Waals surface area contributed by atoms with E-state index in [-0.39, 0.29) is 38.2 Å². The molecule has 1 amide bonds. The van der Waals surface area contributed by atoms with E-state index in [1.165, 1.54) is 4.90 Å². The van der Waals surface area contributed by atoms with Gasteiger partial charge in [0.1, 0.15) is 5.56 Å². The number of H-pyrrole nitrogens is 1. The van der Waals surface area contributed by atoms with Crippen molar-refractivity contribution in [2.45, 2.75) is 24.8 Å². The Balaban J connectivity index is 1.42. The van der Waals surface area contributed by atoms with E-state index in [2.05, 4.69) is 20.4 Å². The fourth-order valence-electron chi connectivity index (χ4n) is 3.50. The molecule has 3 heterocycles. The summed E-state index contributed by atoms with van der Waals surface area (Å²) in [6.45, 7) is 0.418. The lowest BCUT2D eigenvalue weighted by Gasteiger charge is -2.33. The summed E-state index contributed by atoms with van der Waals surface area (Å²) in [7, 11) is 0. The van der Waals surface area contributed by atoms with Crippen LogP contribution in [0.25, 0.3) is 0 Å². The van der Waals surface area contributed by atoms with Crippen LogP contribution in [0.15, 0.2) is 23.4 Å². The molecule has 2 aromatic heterocycles. The first kappa shape index (κ1) is 28.3. The van der Waals surface area contributed by atoms with Gasteiger partial charge in [0, 0.05) is 38.6 Å². The first-order chi connectivity index (χ1) is 17.4. The fourth-order valence-corrected chi connectivity index (χ4v) is 3.50. The Bertz CT molecular complexity index is 1110. The van der Waals surface area contributed by atoms with E-state index < -0.39 is 47.4 Å². The van der Waals surface area contributed by atoms with Gasteiger partial charge in [-0.25, -0.2) is 15.1 Å². The maximum absolute atomic E-state index is 13.1. The van der Waals surface area contributed by atoms with Gasteiger partial charge in [0.2, 0.25) is 11.9 Å². The lowest BCUT2D eigenvalue weighted by molar-refractivity contribution is -0.139. The number of ether oxygens (including phenoxy) is 1. The molecule has 17 heteroatoms. The SMILES string of the molecule is O=C1CN(CCCOC[C@H](CO)Nc2cn[nH]c(=O)c2C(F)(F)F)CCN1c1ncc(C(F)(F)F)cn1. The molecule has 0 aliphatic carbocycles. The van der Waals surface area contributed by atoms with E-state index in [0.717, 1.165) is 6.20 Å². The minimum absolute atomic E-state index is 0.0129. The van der Waals surface area contributed by atoms with Gasteiger partial charge in [-0.3, -0.25) is 19.4 Å². The average Bonchev–Trinajstić information content (AvgIpc) is 2.82. The van der Waals surface area contributed by atoms with Crippen molar-refractivity contribution in [1.29, 1.82) is 0 Å². The first-order valence-corrected chi connectivity index (χ1v) is 10.9. The second kappa shape index (κ2) is 11.8. The largest absolute Gasteiger partial charge is 0.423 e. The molecule has 0 aromatic carbocycles. The molecule has 11 nitrogen and oxygen atoms in total. The number of carbonyl (C=O) groups is 1. The highest BCUT2D eigenvalue weighted by Crippen LogP contribution is 2.31. The van der Waals surface area contributed by atoms with E-state index in [1.807, 2.05) is 0 Å². The van der Waals surface area contributed by atoms with Crippen molar-refractivity contribution < 1.29 is 41.0 Å². The number of aromatic nitrogens is 4. The number of anilines is 2. The third-order valence-corrected chi connectivity index (χ3v) is 5.31. The average molecular weight is 539 g/mol. The summed E-state index contributed by atoms with van der Waals surface area (Å²) in [5, 5.41) is 16.9. The van der Waals surface area contributed by atoms with E-state index >= 15 is 0 Å². The number of hydrogen-bond acceptors (Lipinski definition) is 9. The molecule has 1 aliphatic heterocycles. The predicted molar refractivity (Wildman–Crippen MR) is 116 cm³/mol. The normalized spacial score (nSPS) is 16.2. The van der Waals surface area contributed by atoms with E-state index in [9.17, 15) is 41.0 Å². The number of nitrogens with zero attached hydrogens (tertiary/aromatic N) is 5. The minimum atomic E-state index is -4.93. The number of amides is 1. The predicted octanol–water partition coefficient (Wildman–Crippen LogP) is 1.13. The number of carbonyl (C=O) groups excluding carboxylic acids is 1. The van der Waals surface area contributed by atoms with Gasteiger partial charge in [-0.15, -0.1) is 0 Å². The van der Waals surface area contributed by atoms with Gasteiger partial charge in [0.15, 0.2) is 0 Å². The van der Waals surface area contributed by atoms with Gasteiger partial charge in [0.25, 0.3) is 5.56 Å². The minimum Gasteiger partial charge on any atom is -0.394 e. The summed E-state index contributed by atoms with van der Waals surface area (Å²) < 4.78 is 82.8. The standard InChI is InChI=1S/C20H23F6N7O4/c21-19(22,23)12-6-27-18(28-7-12)33-4-3-32(9-15(33)35)2-1-5-37-11-13(10-34)30-14-8-29-31-17(36)16(14)20(24,25)26/h6-8,13,34H,1-5,9-11H2,(H2,30,31,36)/t13-/m0/s1. The van der Waals surface area contributed by atoms with Crippen LogP contribution in [0.1, 0.15) is 17.5 Å². The van der Waals surface area contributed by atoms with Crippen molar-refractivity contribution in [1.82, 2.24) is 25.1 Å². The molecule has 3 N–H and O–H groups in total. The van der Waals surface area contributed by atoms with Gasteiger partial charge >= 0.3 is 12.4 Å². The third kappa shape index (κ3) is 7.59. The van der Waals surface area contributed by atoms with Crippen LogP contribution >= 0.6 is 0 Å². The zero-order valence-corrected chi connectivity index (χ0v) is 19.1. The van der Waals surface area contributed by atoms with E-state index in [1.54, 1.807) is 10.00 Å². The van der Waals surface area contributed by atoms with Gasteiger partial charge in [-0.2, -0.15) is 31.4 Å². The Morgan fingerprint density at radius 3 is 2.38 bits per heavy atom. The molecule has 1 atom stereocenters. The highest BCUT2D eigenvalue weighted by molar-refractivity contribution is 5.93. The van der Waals surface area contributed by atoms with Crippen molar-refractivity contribution >= 4 is 17.5 Å². The summed E-state index contributed by atoms with van der Waals surface area (Å²) in [6.07, 6.45) is -7.05. The Kier molecular flexibility index (Phi) is 9.03. The van der Waals surface area contributed by atoms with Crippen LogP contribution in [0.3, 0.4) is 0 Å². The summed E-state index contributed by atoms with van der Waals surface area (Å²) >= 11 is 0. The molecular weight excluding hydrogens is 516 g/mol. The maximum Gasteiger partial charge on any atom is 0.423 e. The zero-order valence-electron chi connectivity index (χ0n) is 19.1. The van der Waals surface area contributed by atoms with Crippen LogP contribution in [0.2, 0.25) is 0 Å². The van der Waals surface area contributed by atoms with Crippen molar-refractivity contribution in [2.24, 2.45) is 0 Å². The lowest BCUT2D eigenvalue weighted by Crippen LogP contribution is -2.51. The number of piperazine rings is 1. The van der Waals surface area contributed by atoms with E-state index in [0.29, 0.717) is 31.9 Å². The summed E-state index contributed by atoms with van der Waals surface area (Å²) in [4.78, 5) is 34.2. The number of aliphatic hydroxyl groups excluding tert-OH is 1. The molecule has 1 fully saturated rings. The number of aromatic amines is 1. The number of nitrogens with one attached hydrogen (secondary N) is 2. The van der Waals surface area contributed by atoms with Gasteiger partial charge in [-0.1, -0.05) is 0 Å². The van der Waals surface area contributed by atoms with Crippen molar-refractivity contribution in [3.63, 3.8) is 0 Å². The molecule has 2 aromatic rings. The van der Waals surface area contributed by atoms with Gasteiger partial charge < -0.3 is 15.2 Å². The molecule has 0 radical (unpaired) electrons. The topological polar surface area (TPSA) is 137 Å². The number of aliphatic hydroxyl groups is 1. The van der Waals surface area contributed by atoms with Crippen molar-refractivity contribution in [3.8, 4) is 0 Å². The fraction of sp³-hybridized carbons (Fsp3) is 0.550. The smallest absolute Gasteiger partial charge is 0.394 e. The van der Waals surface area contributed by atoms with Crippen LogP contribution in [-0.4, -0.2) is 88.1 Å². The molecular formula is C20H23F6N7O4. The molecule has 0 spiro atoms. The molecule has 0 unspecified atom stereocenters. The van der Waals surface area contributed by atoms with Crippen LogP contribution < -0.4 is 15.8 Å². The maximum atomic E-state index is 13.1. The molecule has 3 rings (SSSR count). The van der Waals surface area contributed by atoms with E-state index in [4.69, 9.17) is 4.74 Å². The summed E-state index contributed by atoms with van der Waals surface area (Å²) in [5.41, 5.74) is -4.50. The van der Waals surface area contributed by atoms with Crippen LogP contribution in [0, 0.1) is 0 Å². The number of alkyl halides is 6. The van der Waals surface area contributed by atoms with Crippen LogP contribution in [0.4, 0.5) is 38.0 Å². The van der Waals surface area contributed by atoms with Gasteiger partial charge in [0.05, 0.1) is 43.2 Å². The molecule has 1 aliphatic rings. The highest BCUT2D eigenvalue weighted by Gasteiger charge is 2.38. The molecule has 0 bridgehead atoms. The lowest BCUT2D eigenvalue weighted by atomic mass is 10.2.